The number of allylic oxidation sites excluding steroid dienone is 2. The first kappa shape index (κ1) is 9.99. The molecule has 6 nitrogen and oxygen atoms in total. The van der Waals surface area contributed by atoms with E-state index in [4.69, 9.17) is 0 Å². The van der Waals surface area contributed by atoms with Gasteiger partial charge in [0.25, 0.3) is 11.8 Å². The Bertz CT molecular complexity index is 579. The molecule has 0 spiro atoms. The molecule has 0 N–H and O–H groups in total. The second kappa shape index (κ2) is 2.88. The van der Waals surface area contributed by atoms with Gasteiger partial charge in [-0.15, -0.1) is 10.2 Å². The Morgan fingerprint density at radius 2 is 2.00 bits per heavy atom. The van der Waals surface area contributed by atoms with Crippen molar-refractivity contribution in [2.75, 3.05) is 5.01 Å². The van der Waals surface area contributed by atoms with Crippen molar-refractivity contribution in [1.29, 1.82) is 0 Å². The molecule has 0 aromatic carbocycles. The highest BCUT2D eigenvalue weighted by Crippen LogP contribution is 2.59. The summed E-state index contributed by atoms with van der Waals surface area (Å²) in [6.45, 7) is 1.91. The molecule has 1 saturated heterocycles. The first-order chi connectivity index (χ1) is 8.64. The normalized spacial score (nSPS) is 40.9. The van der Waals surface area contributed by atoms with Crippen LogP contribution in [-0.2, 0) is 9.59 Å². The highest BCUT2D eigenvalue weighted by molar-refractivity contribution is 6.19. The average molecular weight is 244 g/mol. The van der Waals surface area contributed by atoms with Gasteiger partial charge in [-0.1, -0.05) is 12.2 Å². The second-order valence-corrected chi connectivity index (χ2v) is 5.45. The Balaban J connectivity index is 1.85. The first-order valence-electron chi connectivity index (χ1n) is 6.05. The topological polar surface area (TPSA) is 68.1 Å². The standard InChI is InChI=1S/C12H12N4O2/c1-12-8-3-2-7(4-8)9(12)10(17)16(11(12)18)15-5-13-14-6-15/h2-3,5-9H,4H2,1H3/t7-,8+,9-,12-/m0/s1. The molecule has 2 aliphatic carbocycles. The van der Waals surface area contributed by atoms with Crippen LogP contribution >= 0.6 is 0 Å². The van der Waals surface area contributed by atoms with E-state index in [-0.39, 0.29) is 29.6 Å². The fourth-order valence-corrected chi connectivity index (χ4v) is 3.80. The SMILES string of the molecule is C[C@@]12C(=O)N(n3cnnc3)C(=O)[C@@H]1[C@H]1C=C[C@@H]2C1. The monoisotopic (exact) mass is 244 g/mol. The highest BCUT2D eigenvalue weighted by Gasteiger charge is 2.67. The lowest BCUT2D eigenvalue weighted by molar-refractivity contribution is -0.128. The fourth-order valence-electron chi connectivity index (χ4n) is 3.80. The van der Waals surface area contributed by atoms with Gasteiger partial charge in [-0.05, 0) is 25.2 Å². The van der Waals surface area contributed by atoms with Crippen LogP contribution in [0.5, 0.6) is 0 Å². The van der Waals surface area contributed by atoms with E-state index < -0.39 is 5.41 Å². The fraction of sp³-hybridized carbons (Fsp3) is 0.500. The van der Waals surface area contributed by atoms with E-state index in [0.717, 1.165) is 6.42 Å². The maximum absolute atomic E-state index is 12.6. The number of nitrogens with zero attached hydrogens (tertiary/aromatic N) is 4. The molecule has 2 heterocycles. The van der Waals surface area contributed by atoms with Gasteiger partial charge in [-0.2, -0.15) is 5.01 Å². The molecule has 2 bridgehead atoms. The molecule has 1 saturated carbocycles. The van der Waals surface area contributed by atoms with E-state index in [1.54, 1.807) is 0 Å². The number of carbonyl (C=O) groups is 2. The average Bonchev–Trinajstić information content (AvgIpc) is 3.04. The molecule has 2 amide bonds. The van der Waals surface area contributed by atoms with Crippen LogP contribution in [0.25, 0.3) is 0 Å². The van der Waals surface area contributed by atoms with Crippen molar-refractivity contribution in [1.82, 2.24) is 14.9 Å². The Hall–Kier alpha value is -1.98. The van der Waals surface area contributed by atoms with Crippen molar-refractivity contribution in [3.63, 3.8) is 0 Å². The van der Waals surface area contributed by atoms with Gasteiger partial charge in [0.15, 0.2) is 0 Å². The molecule has 92 valence electrons. The molecule has 1 aromatic rings. The van der Waals surface area contributed by atoms with Crippen molar-refractivity contribution in [3.8, 4) is 0 Å². The van der Waals surface area contributed by atoms with Crippen LogP contribution in [0.1, 0.15) is 13.3 Å². The van der Waals surface area contributed by atoms with Crippen LogP contribution in [0.15, 0.2) is 24.8 Å². The van der Waals surface area contributed by atoms with E-state index in [1.165, 1.54) is 22.3 Å². The molecule has 1 aromatic heterocycles. The summed E-state index contributed by atoms with van der Waals surface area (Å²) in [5.41, 5.74) is -0.583. The van der Waals surface area contributed by atoms with Crippen LogP contribution in [0.3, 0.4) is 0 Å². The summed E-state index contributed by atoms with van der Waals surface area (Å²) < 4.78 is 1.38. The molecular weight excluding hydrogens is 232 g/mol. The summed E-state index contributed by atoms with van der Waals surface area (Å²) in [6, 6.07) is 0. The Morgan fingerprint density at radius 3 is 2.67 bits per heavy atom. The summed E-state index contributed by atoms with van der Waals surface area (Å²) in [5, 5.41) is 8.51. The minimum absolute atomic E-state index is 0.126. The zero-order valence-electron chi connectivity index (χ0n) is 9.85. The molecule has 3 aliphatic rings. The number of carbonyl (C=O) groups excluding carboxylic acids is 2. The minimum Gasteiger partial charge on any atom is -0.272 e. The molecule has 18 heavy (non-hydrogen) atoms. The third-order valence-corrected chi connectivity index (χ3v) is 4.73. The van der Waals surface area contributed by atoms with Gasteiger partial charge in [0.2, 0.25) is 0 Å². The highest BCUT2D eigenvalue weighted by atomic mass is 16.2. The van der Waals surface area contributed by atoms with E-state index in [1.807, 2.05) is 6.92 Å². The zero-order valence-corrected chi connectivity index (χ0v) is 9.85. The van der Waals surface area contributed by atoms with Gasteiger partial charge in [0, 0.05) is 0 Å². The van der Waals surface area contributed by atoms with Crippen LogP contribution in [0.4, 0.5) is 0 Å². The quantitative estimate of drug-likeness (QED) is 0.519. The Morgan fingerprint density at radius 1 is 1.28 bits per heavy atom. The van der Waals surface area contributed by atoms with Gasteiger partial charge in [0.05, 0.1) is 11.3 Å². The maximum Gasteiger partial charge on any atom is 0.256 e. The number of aromatic nitrogens is 3. The van der Waals surface area contributed by atoms with Crippen LogP contribution in [-0.4, -0.2) is 26.7 Å². The number of hydrogen-bond donors (Lipinski definition) is 0. The number of hydrogen-bond acceptors (Lipinski definition) is 4. The minimum atomic E-state index is -0.583. The van der Waals surface area contributed by atoms with Crippen molar-refractivity contribution in [3.05, 3.63) is 24.8 Å². The van der Waals surface area contributed by atoms with Crippen molar-refractivity contribution >= 4 is 11.8 Å². The summed E-state index contributed by atoms with van der Waals surface area (Å²) in [7, 11) is 0. The summed E-state index contributed by atoms with van der Waals surface area (Å²) in [6.07, 6.45) is 7.86. The molecular formula is C12H12N4O2. The molecule has 0 radical (unpaired) electrons. The molecule has 6 heteroatoms. The lowest BCUT2D eigenvalue weighted by Gasteiger charge is -2.27. The smallest absolute Gasteiger partial charge is 0.256 e. The summed E-state index contributed by atoms with van der Waals surface area (Å²) in [4.78, 5) is 25.1. The molecule has 0 unspecified atom stereocenters. The third kappa shape index (κ3) is 0.878. The van der Waals surface area contributed by atoms with Crippen molar-refractivity contribution in [2.45, 2.75) is 13.3 Å². The molecule has 1 aliphatic heterocycles. The van der Waals surface area contributed by atoms with Gasteiger partial charge < -0.3 is 0 Å². The number of rotatable bonds is 1. The van der Waals surface area contributed by atoms with Gasteiger partial charge in [0.1, 0.15) is 12.7 Å². The number of amides is 2. The zero-order chi connectivity index (χ0) is 12.5. The van der Waals surface area contributed by atoms with Gasteiger partial charge in [-0.25, -0.2) is 4.68 Å². The van der Waals surface area contributed by atoms with Crippen molar-refractivity contribution in [2.24, 2.45) is 23.2 Å². The molecule has 4 rings (SSSR count). The van der Waals surface area contributed by atoms with E-state index >= 15 is 0 Å². The Labute approximate surface area is 103 Å². The summed E-state index contributed by atoms with van der Waals surface area (Å²) >= 11 is 0. The van der Waals surface area contributed by atoms with Gasteiger partial charge in [-0.3, -0.25) is 9.59 Å². The van der Waals surface area contributed by atoms with Crippen molar-refractivity contribution < 1.29 is 9.59 Å². The number of fused-ring (bicyclic) bond motifs is 5. The van der Waals surface area contributed by atoms with E-state index in [2.05, 4.69) is 22.3 Å². The summed E-state index contributed by atoms with van der Waals surface area (Å²) in [5.74, 6) is -0.0842. The van der Waals surface area contributed by atoms with E-state index in [0.29, 0.717) is 0 Å². The molecule has 2 fully saturated rings. The van der Waals surface area contributed by atoms with Crippen LogP contribution in [0.2, 0.25) is 0 Å². The Kier molecular flexibility index (Phi) is 1.60. The first-order valence-corrected chi connectivity index (χ1v) is 6.05. The van der Waals surface area contributed by atoms with Crippen LogP contribution < -0.4 is 5.01 Å². The predicted octanol–water partition coefficient (Wildman–Crippen LogP) is 0.111. The predicted molar refractivity (Wildman–Crippen MR) is 60.6 cm³/mol. The van der Waals surface area contributed by atoms with Crippen LogP contribution in [0, 0.1) is 23.2 Å². The molecule has 4 atom stereocenters. The largest absolute Gasteiger partial charge is 0.272 e. The second-order valence-electron chi connectivity index (χ2n) is 5.45. The lowest BCUT2D eigenvalue weighted by atomic mass is 9.71. The maximum atomic E-state index is 12.6. The van der Waals surface area contributed by atoms with E-state index in [9.17, 15) is 9.59 Å². The third-order valence-electron chi connectivity index (χ3n) is 4.73. The number of imide groups is 1. The van der Waals surface area contributed by atoms with Gasteiger partial charge >= 0.3 is 0 Å². The lowest BCUT2D eigenvalue weighted by Crippen LogP contribution is -2.43.